The zero-order valence-electron chi connectivity index (χ0n) is 8.62. The van der Waals surface area contributed by atoms with Gasteiger partial charge in [-0.15, -0.1) is 0 Å². The number of carbonyl (C=O) groups excluding carboxylic acids is 1. The van der Waals surface area contributed by atoms with Gasteiger partial charge >= 0.3 is 0 Å². The molecule has 1 unspecified atom stereocenters. The molecule has 0 saturated heterocycles. The van der Waals surface area contributed by atoms with Gasteiger partial charge in [-0.1, -0.05) is 13.8 Å². The van der Waals surface area contributed by atoms with E-state index in [1.165, 1.54) is 0 Å². The number of rotatable bonds is 6. The fraction of sp³-hybridized carbons (Fsp3) is 0.875. The van der Waals surface area contributed by atoms with E-state index in [1.807, 2.05) is 0 Å². The van der Waals surface area contributed by atoms with E-state index in [9.17, 15) is 13.2 Å². The van der Waals surface area contributed by atoms with Gasteiger partial charge in [-0.2, -0.15) is 0 Å². The van der Waals surface area contributed by atoms with E-state index in [4.69, 9.17) is 5.73 Å². The molecule has 1 amide bonds. The van der Waals surface area contributed by atoms with Gasteiger partial charge in [-0.3, -0.25) is 4.79 Å². The molecule has 6 heteroatoms. The third-order valence-corrected chi connectivity index (χ3v) is 3.66. The predicted octanol–water partition coefficient (Wildman–Crippen LogP) is -0.868. The van der Waals surface area contributed by atoms with E-state index >= 15 is 0 Å². The summed E-state index contributed by atoms with van der Waals surface area (Å²) in [4.78, 5) is 11.2. The zero-order chi connectivity index (χ0) is 11.2. The quantitative estimate of drug-likeness (QED) is 0.611. The van der Waals surface area contributed by atoms with Gasteiger partial charge in [0.1, 0.15) is 0 Å². The van der Waals surface area contributed by atoms with E-state index in [-0.39, 0.29) is 36.4 Å². The van der Waals surface area contributed by atoms with Crippen LogP contribution in [0.2, 0.25) is 0 Å². The zero-order valence-corrected chi connectivity index (χ0v) is 9.43. The van der Waals surface area contributed by atoms with Gasteiger partial charge in [0, 0.05) is 24.8 Å². The van der Waals surface area contributed by atoms with E-state index in [0.717, 1.165) is 0 Å². The first kappa shape index (κ1) is 13.4. The monoisotopic (exact) mass is 222 g/mol. The molecule has 84 valence electrons. The molecule has 0 saturated carbocycles. The Hall–Kier alpha value is -0.620. The molecule has 1 atom stereocenters. The summed E-state index contributed by atoms with van der Waals surface area (Å²) in [6, 6.07) is 0. The number of nitrogens with one attached hydrogen (secondary N) is 1. The average Bonchev–Trinajstić information content (AvgIpc) is 2.16. The lowest BCUT2D eigenvalue weighted by molar-refractivity contribution is -0.124. The summed E-state index contributed by atoms with van der Waals surface area (Å²) in [6.07, 6.45) is 0. The summed E-state index contributed by atoms with van der Waals surface area (Å²) < 4.78 is 22.1. The van der Waals surface area contributed by atoms with Crippen molar-refractivity contribution >= 4 is 15.7 Å². The first-order valence-corrected chi connectivity index (χ1v) is 6.43. The average molecular weight is 222 g/mol. The van der Waals surface area contributed by atoms with Gasteiger partial charge in [-0.05, 0) is 0 Å². The maximum atomic E-state index is 11.2. The Labute approximate surface area is 85.0 Å². The van der Waals surface area contributed by atoms with Crippen LogP contribution in [0.4, 0.5) is 0 Å². The Bertz CT molecular complexity index is 274. The highest BCUT2D eigenvalue weighted by Gasteiger charge is 2.12. The standard InChI is InChI=1S/C8H18N2O3S/c1-3-14(12,13)5-4-10-8(11)7(2)6-9/h7H,3-6,9H2,1-2H3,(H,10,11). The van der Waals surface area contributed by atoms with E-state index in [2.05, 4.69) is 5.32 Å². The molecule has 0 radical (unpaired) electrons. The van der Waals surface area contributed by atoms with Crippen molar-refractivity contribution in [2.45, 2.75) is 13.8 Å². The second-order valence-electron chi connectivity index (χ2n) is 3.16. The van der Waals surface area contributed by atoms with Crippen LogP contribution in [0.5, 0.6) is 0 Å². The predicted molar refractivity (Wildman–Crippen MR) is 55.6 cm³/mol. The Kier molecular flexibility index (Phi) is 5.71. The third-order valence-electron chi connectivity index (χ3n) is 1.95. The molecular weight excluding hydrogens is 204 g/mol. The molecule has 0 aromatic heterocycles. The van der Waals surface area contributed by atoms with Crippen LogP contribution in [0.3, 0.4) is 0 Å². The number of carbonyl (C=O) groups is 1. The van der Waals surface area contributed by atoms with Gasteiger partial charge in [0.15, 0.2) is 9.84 Å². The van der Waals surface area contributed by atoms with Gasteiger partial charge in [-0.25, -0.2) is 8.42 Å². The minimum absolute atomic E-state index is 0.00741. The molecular formula is C8H18N2O3S. The third kappa shape index (κ3) is 5.18. The van der Waals surface area contributed by atoms with Crippen LogP contribution in [-0.4, -0.2) is 38.9 Å². The fourth-order valence-electron chi connectivity index (χ4n) is 0.755. The van der Waals surface area contributed by atoms with Crippen molar-refractivity contribution in [1.29, 1.82) is 0 Å². The molecule has 14 heavy (non-hydrogen) atoms. The molecule has 0 bridgehead atoms. The van der Waals surface area contributed by atoms with Crippen molar-refractivity contribution in [3.8, 4) is 0 Å². The fourth-order valence-corrected chi connectivity index (χ4v) is 1.46. The van der Waals surface area contributed by atoms with Gasteiger partial charge in [0.05, 0.1) is 5.75 Å². The van der Waals surface area contributed by atoms with Crippen LogP contribution < -0.4 is 11.1 Å². The number of hydrogen-bond acceptors (Lipinski definition) is 4. The molecule has 0 aliphatic carbocycles. The minimum Gasteiger partial charge on any atom is -0.355 e. The van der Waals surface area contributed by atoms with Crippen LogP contribution in [0.1, 0.15) is 13.8 Å². The minimum atomic E-state index is -2.99. The maximum absolute atomic E-state index is 11.2. The number of hydrogen-bond donors (Lipinski definition) is 2. The van der Waals surface area contributed by atoms with Crippen molar-refractivity contribution in [1.82, 2.24) is 5.32 Å². The Morgan fingerprint density at radius 1 is 1.50 bits per heavy atom. The van der Waals surface area contributed by atoms with Crippen molar-refractivity contribution in [3.63, 3.8) is 0 Å². The number of amides is 1. The Balaban J connectivity index is 3.81. The van der Waals surface area contributed by atoms with Crippen LogP contribution in [0, 0.1) is 5.92 Å². The lowest BCUT2D eigenvalue weighted by Gasteiger charge is -2.09. The van der Waals surface area contributed by atoms with Gasteiger partial charge < -0.3 is 11.1 Å². The lowest BCUT2D eigenvalue weighted by atomic mass is 10.2. The SMILES string of the molecule is CCS(=O)(=O)CCNC(=O)C(C)CN. The molecule has 0 aromatic rings. The molecule has 5 nitrogen and oxygen atoms in total. The van der Waals surface area contributed by atoms with Crippen LogP contribution >= 0.6 is 0 Å². The van der Waals surface area contributed by atoms with Crippen LogP contribution in [-0.2, 0) is 14.6 Å². The highest BCUT2D eigenvalue weighted by Crippen LogP contribution is 1.91. The molecule has 0 spiro atoms. The number of sulfone groups is 1. The summed E-state index contributed by atoms with van der Waals surface area (Å²) in [7, 11) is -2.99. The molecule has 0 fully saturated rings. The van der Waals surface area contributed by atoms with Gasteiger partial charge in [0.25, 0.3) is 0 Å². The smallest absolute Gasteiger partial charge is 0.224 e. The summed E-state index contributed by atoms with van der Waals surface area (Å²) in [6.45, 7) is 3.72. The van der Waals surface area contributed by atoms with Crippen molar-refractivity contribution in [3.05, 3.63) is 0 Å². The summed E-state index contributed by atoms with van der Waals surface area (Å²) in [5, 5.41) is 2.53. The molecule has 0 rings (SSSR count). The first-order chi connectivity index (χ1) is 6.43. The molecule has 0 aliphatic heterocycles. The van der Waals surface area contributed by atoms with E-state index in [0.29, 0.717) is 0 Å². The number of nitrogens with two attached hydrogens (primary N) is 1. The topological polar surface area (TPSA) is 89.3 Å². The molecule has 0 aromatic carbocycles. The maximum Gasteiger partial charge on any atom is 0.224 e. The molecule has 0 aliphatic rings. The Morgan fingerprint density at radius 2 is 2.07 bits per heavy atom. The molecule has 0 heterocycles. The summed E-state index contributed by atoms with van der Waals surface area (Å²) in [5.74, 6) is -0.361. The second kappa shape index (κ2) is 5.98. The normalized spacial score (nSPS) is 13.6. The van der Waals surface area contributed by atoms with Crippen LogP contribution in [0.25, 0.3) is 0 Å². The molecule has 3 N–H and O–H groups in total. The second-order valence-corrected chi connectivity index (χ2v) is 5.64. The largest absolute Gasteiger partial charge is 0.355 e. The van der Waals surface area contributed by atoms with E-state index in [1.54, 1.807) is 13.8 Å². The first-order valence-electron chi connectivity index (χ1n) is 4.61. The Morgan fingerprint density at radius 3 is 2.50 bits per heavy atom. The highest BCUT2D eigenvalue weighted by molar-refractivity contribution is 7.91. The van der Waals surface area contributed by atoms with Crippen molar-refractivity contribution in [2.24, 2.45) is 11.7 Å². The van der Waals surface area contributed by atoms with Crippen molar-refractivity contribution in [2.75, 3.05) is 24.6 Å². The van der Waals surface area contributed by atoms with Gasteiger partial charge in [0.2, 0.25) is 5.91 Å². The summed E-state index contributed by atoms with van der Waals surface area (Å²) >= 11 is 0. The summed E-state index contributed by atoms with van der Waals surface area (Å²) in [5.41, 5.74) is 5.28. The van der Waals surface area contributed by atoms with Crippen molar-refractivity contribution < 1.29 is 13.2 Å². The van der Waals surface area contributed by atoms with E-state index < -0.39 is 9.84 Å². The highest BCUT2D eigenvalue weighted by atomic mass is 32.2. The van der Waals surface area contributed by atoms with Crippen LogP contribution in [0.15, 0.2) is 0 Å². The lowest BCUT2D eigenvalue weighted by Crippen LogP contribution is -2.36.